The Bertz CT molecular complexity index is 581. The number of primary amides is 1. The van der Waals surface area contributed by atoms with Crippen molar-refractivity contribution in [3.05, 3.63) is 11.8 Å². The van der Waals surface area contributed by atoms with Crippen LogP contribution in [0.1, 0.15) is 19.0 Å². The molecule has 0 saturated carbocycles. The zero-order valence-electron chi connectivity index (χ0n) is 9.96. The lowest BCUT2D eigenvalue weighted by Crippen LogP contribution is -2.13. The van der Waals surface area contributed by atoms with Crippen LogP contribution in [0.5, 0.6) is 0 Å². The number of hydrogen-bond donors (Lipinski definition) is 2. The number of nitrogens with zero attached hydrogens (tertiary/aromatic N) is 4. The summed E-state index contributed by atoms with van der Waals surface area (Å²) in [5.74, 6) is 0.0514. The molecule has 0 unspecified atom stereocenters. The summed E-state index contributed by atoms with van der Waals surface area (Å²) < 4.78 is 1.62. The molecule has 0 aliphatic rings. The fourth-order valence-electron chi connectivity index (χ4n) is 1.58. The summed E-state index contributed by atoms with van der Waals surface area (Å²) in [4.78, 5) is 15.0. The van der Waals surface area contributed by atoms with Gasteiger partial charge in [0.25, 0.3) is 0 Å². The van der Waals surface area contributed by atoms with Gasteiger partial charge in [0.1, 0.15) is 0 Å². The Hall–Kier alpha value is -1.83. The van der Waals surface area contributed by atoms with E-state index in [0.717, 1.165) is 18.5 Å². The lowest BCUT2D eigenvalue weighted by atomic mass is 10.2. The van der Waals surface area contributed by atoms with Crippen LogP contribution in [0.4, 0.5) is 5.95 Å². The van der Waals surface area contributed by atoms with Crippen LogP contribution >= 0.6 is 11.8 Å². The summed E-state index contributed by atoms with van der Waals surface area (Å²) in [6, 6.07) is 1.85. The van der Waals surface area contributed by atoms with Crippen LogP contribution in [0.3, 0.4) is 0 Å². The van der Waals surface area contributed by atoms with Crippen molar-refractivity contribution in [2.75, 3.05) is 11.5 Å². The largest absolute Gasteiger partial charge is 0.369 e. The van der Waals surface area contributed by atoms with Crippen molar-refractivity contribution in [1.82, 2.24) is 19.6 Å². The van der Waals surface area contributed by atoms with Crippen LogP contribution in [-0.2, 0) is 11.2 Å². The van der Waals surface area contributed by atoms with E-state index in [1.807, 2.05) is 6.07 Å². The smallest absolute Gasteiger partial charge is 0.227 e. The third kappa shape index (κ3) is 2.53. The Morgan fingerprint density at radius 2 is 2.28 bits per heavy atom. The summed E-state index contributed by atoms with van der Waals surface area (Å²) in [6.07, 6.45) is 1.83. The molecule has 0 aromatic carbocycles. The quantitative estimate of drug-likeness (QED) is 0.749. The van der Waals surface area contributed by atoms with Gasteiger partial charge in [-0.2, -0.15) is 0 Å². The molecule has 18 heavy (non-hydrogen) atoms. The van der Waals surface area contributed by atoms with E-state index in [9.17, 15) is 4.79 Å². The molecule has 1 amide bonds. The van der Waals surface area contributed by atoms with Crippen LogP contribution in [0, 0.1) is 0 Å². The van der Waals surface area contributed by atoms with Gasteiger partial charge in [0.2, 0.25) is 11.9 Å². The zero-order valence-corrected chi connectivity index (χ0v) is 10.8. The molecule has 2 aromatic heterocycles. The highest BCUT2D eigenvalue weighted by Gasteiger charge is 2.12. The highest BCUT2D eigenvalue weighted by molar-refractivity contribution is 7.99. The molecule has 8 heteroatoms. The number of hydrogen-bond acceptors (Lipinski definition) is 6. The van der Waals surface area contributed by atoms with Gasteiger partial charge in [0, 0.05) is 11.8 Å². The number of carbonyl (C=O) groups excluding carboxylic acids is 1. The predicted molar refractivity (Wildman–Crippen MR) is 69.1 cm³/mol. The summed E-state index contributed by atoms with van der Waals surface area (Å²) in [5.41, 5.74) is 12.5. The standard InChI is InChI=1S/C10H14N6OS/c1-2-3-6-4-8-14-15-10(18-5-7(11)17)16(8)9(12)13-6/h4H,2-3,5H2,1H3,(H2,11,17)(H2,12,13). The lowest BCUT2D eigenvalue weighted by molar-refractivity contribution is -0.115. The first-order valence-corrected chi connectivity index (χ1v) is 6.52. The minimum Gasteiger partial charge on any atom is -0.369 e. The Balaban J connectivity index is 2.37. The van der Waals surface area contributed by atoms with Crippen molar-refractivity contribution in [2.24, 2.45) is 5.73 Å². The SMILES string of the molecule is CCCc1cc2nnc(SCC(N)=O)n2c(N)n1. The summed E-state index contributed by atoms with van der Waals surface area (Å²) >= 11 is 1.19. The molecule has 0 aliphatic carbocycles. The van der Waals surface area contributed by atoms with Gasteiger partial charge in [0.15, 0.2) is 10.8 Å². The molecule has 0 atom stereocenters. The predicted octanol–water partition coefficient (Wildman–Crippen LogP) is 0.236. The van der Waals surface area contributed by atoms with E-state index in [1.54, 1.807) is 4.40 Å². The van der Waals surface area contributed by atoms with Crippen molar-refractivity contribution in [2.45, 2.75) is 24.9 Å². The molecule has 0 saturated heterocycles. The van der Waals surface area contributed by atoms with Gasteiger partial charge in [-0.05, 0) is 6.42 Å². The van der Waals surface area contributed by atoms with Crippen LogP contribution < -0.4 is 11.5 Å². The molecule has 0 aliphatic heterocycles. The first-order valence-electron chi connectivity index (χ1n) is 5.53. The molecule has 7 nitrogen and oxygen atoms in total. The molecule has 2 aromatic rings. The van der Waals surface area contributed by atoms with E-state index in [2.05, 4.69) is 22.1 Å². The fraction of sp³-hybridized carbons (Fsp3) is 0.400. The van der Waals surface area contributed by atoms with E-state index >= 15 is 0 Å². The normalized spacial score (nSPS) is 10.9. The number of amides is 1. The third-order valence-corrected chi connectivity index (χ3v) is 3.24. The van der Waals surface area contributed by atoms with Crippen LogP contribution in [-0.4, -0.2) is 31.2 Å². The second-order valence-electron chi connectivity index (χ2n) is 3.79. The average Bonchev–Trinajstić information content (AvgIpc) is 2.70. The van der Waals surface area contributed by atoms with Gasteiger partial charge in [-0.3, -0.25) is 4.79 Å². The highest BCUT2D eigenvalue weighted by atomic mass is 32.2. The maximum Gasteiger partial charge on any atom is 0.227 e. The second kappa shape index (κ2) is 5.21. The number of nitrogens with two attached hydrogens (primary N) is 2. The Labute approximate surface area is 108 Å². The molecule has 2 rings (SSSR count). The number of rotatable bonds is 5. The number of anilines is 1. The van der Waals surface area contributed by atoms with Crippen molar-refractivity contribution in [3.63, 3.8) is 0 Å². The van der Waals surface area contributed by atoms with Crippen LogP contribution in [0.15, 0.2) is 11.2 Å². The second-order valence-corrected chi connectivity index (χ2v) is 4.73. The minimum atomic E-state index is -0.411. The molecule has 4 N–H and O–H groups in total. The molecule has 0 radical (unpaired) electrons. The molecule has 0 bridgehead atoms. The van der Waals surface area contributed by atoms with Gasteiger partial charge in [-0.15, -0.1) is 10.2 Å². The Morgan fingerprint density at radius 3 is 2.94 bits per heavy atom. The molecule has 96 valence electrons. The maximum atomic E-state index is 10.8. The number of aromatic nitrogens is 4. The summed E-state index contributed by atoms with van der Waals surface area (Å²) in [7, 11) is 0. The number of carbonyl (C=O) groups is 1. The molecule has 2 heterocycles. The topological polar surface area (TPSA) is 112 Å². The summed E-state index contributed by atoms with van der Waals surface area (Å²) in [6.45, 7) is 2.07. The first kappa shape index (κ1) is 12.6. The molecular weight excluding hydrogens is 252 g/mol. The highest BCUT2D eigenvalue weighted by Crippen LogP contribution is 2.19. The monoisotopic (exact) mass is 266 g/mol. The van der Waals surface area contributed by atoms with Gasteiger partial charge in [0.05, 0.1) is 5.75 Å². The lowest BCUT2D eigenvalue weighted by Gasteiger charge is -2.04. The number of nitrogen functional groups attached to an aromatic ring is 1. The zero-order chi connectivity index (χ0) is 13.1. The van der Waals surface area contributed by atoms with Crippen molar-refractivity contribution >= 4 is 29.3 Å². The Morgan fingerprint density at radius 1 is 1.50 bits per heavy atom. The molecule has 0 spiro atoms. The fourth-order valence-corrected chi connectivity index (χ4v) is 2.27. The molecule has 0 fully saturated rings. The van der Waals surface area contributed by atoms with E-state index in [4.69, 9.17) is 11.5 Å². The van der Waals surface area contributed by atoms with E-state index in [-0.39, 0.29) is 5.75 Å². The van der Waals surface area contributed by atoms with Gasteiger partial charge < -0.3 is 11.5 Å². The van der Waals surface area contributed by atoms with Gasteiger partial charge >= 0.3 is 0 Å². The van der Waals surface area contributed by atoms with Crippen LogP contribution in [0.2, 0.25) is 0 Å². The van der Waals surface area contributed by atoms with Gasteiger partial charge in [-0.1, -0.05) is 25.1 Å². The average molecular weight is 266 g/mol. The minimum absolute atomic E-state index is 0.136. The summed E-state index contributed by atoms with van der Waals surface area (Å²) in [5, 5.41) is 8.52. The molecular formula is C10H14N6OS. The van der Waals surface area contributed by atoms with Crippen molar-refractivity contribution in [3.8, 4) is 0 Å². The van der Waals surface area contributed by atoms with Crippen molar-refractivity contribution < 1.29 is 4.79 Å². The maximum absolute atomic E-state index is 10.8. The number of thioether (sulfide) groups is 1. The third-order valence-electron chi connectivity index (χ3n) is 2.29. The van der Waals surface area contributed by atoms with E-state index < -0.39 is 5.91 Å². The van der Waals surface area contributed by atoms with E-state index in [0.29, 0.717) is 16.8 Å². The van der Waals surface area contributed by atoms with E-state index in [1.165, 1.54) is 11.8 Å². The Kier molecular flexibility index (Phi) is 3.66. The van der Waals surface area contributed by atoms with Gasteiger partial charge in [-0.25, -0.2) is 9.38 Å². The number of fused-ring (bicyclic) bond motifs is 1. The number of aryl methyl sites for hydroxylation is 1. The van der Waals surface area contributed by atoms with Crippen LogP contribution in [0.25, 0.3) is 5.65 Å². The van der Waals surface area contributed by atoms with Crippen molar-refractivity contribution in [1.29, 1.82) is 0 Å². The first-order chi connectivity index (χ1) is 8.61.